The Hall–Kier alpha value is -0.0300. The molecule has 2 nitrogen and oxygen atoms in total. The van der Waals surface area contributed by atoms with E-state index < -0.39 is 0 Å². The van der Waals surface area contributed by atoms with Gasteiger partial charge in [-0.05, 0) is 6.07 Å². The van der Waals surface area contributed by atoms with E-state index in [1.807, 2.05) is 0 Å². The third-order valence-electron chi connectivity index (χ3n) is 2.45. The van der Waals surface area contributed by atoms with Crippen molar-refractivity contribution in [3.63, 3.8) is 0 Å². The predicted molar refractivity (Wildman–Crippen MR) is 86.5 cm³/mol. The van der Waals surface area contributed by atoms with Crippen LogP contribution in [-0.4, -0.2) is 0 Å². The first-order valence-electron chi connectivity index (χ1n) is 5.24. The summed E-state index contributed by atoms with van der Waals surface area (Å²) in [6.07, 6.45) is 1.41. The highest BCUT2D eigenvalue weighted by Crippen LogP contribution is 2.45. The normalized spacial score (nSPS) is 10.8. The summed E-state index contributed by atoms with van der Waals surface area (Å²) < 4.78 is 0.756. The minimum Gasteiger partial charge on any atom is -0.618 e. The van der Waals surface area contributed by atoms with Crippen LogP contribution in [0.5, 0.6) is 0 Å². The number of hydrogen-bond acceptors (Lipinski definition) is 2. The van der Waals surface area contributed by atoms with E-state index in [0.717, 1.165) is 4.73 Å². The molecule has 0 N–H and O–H groups in total. The highest BCUT2D eigenvalue weighted by molar-refractivity contribution is 7.98. The van der Waals surface area contributed by atoms with Gasteiger partial charge in [0.05, 0.1) is 25.1 Å². The zero-order valence-corrected chi connectivity index (χ0v) is 14.3. The van der Waals surface area contributed by atoms with Crippen LogP contribution in [0.4, 0.5) is 0 Å². The van der Waals surface area contributed by atoms with Crippen molar-refractivity contribution in [3.05, 3.63) is 60.3 Å². The van der Waals surface area contributed by atoms with Gasteiger partial charge in [0.1, 0.15) is 0 Å². The van der Waals surface area contributed by atoms with Crippen molar-refractivity contribution in [2.75, 3.05) is 0 Å². The standard InChI is InChI=1S/C12H6Cl5NOS/c13-8-6(9(14)11(16)12(17)10(8)15)5-20-7-3-1-2-4-18(7)19/h1-4H,5H2. The number of nitrogens with zero attached hydrogens (tertiary/aromatic N) is 1. The van der Waals surface area contributed by atoms with Crippen molar-refractivity contribution < 1.29 is 4.73 Å². The second-order valence-corrected chi connectivity index (χ2v) is 6.59. The number of rotatable bonds is 3. The molecule has 0 fully saturated rings. The molecule has 0 aliphatic rings. The van der Waals surface area contributed by atoms with E-state index in [2.05, 4.69) is 0 Å². The van der Waals surface area contributed by atoms with Crippen molar-refractivity contribution in [1.82, 2.24) is 0 Å². The Bertz CT molecular complexity index is 636. The molecule has 0 aliphatic carbocycles. The Kier molecular flexibility index (Phi) is 5.57. The van der Waals surface area contributed by atoms with Crippen LogP contribution in [0.15, 0.2) is 29.4 Å². The maximum Gasteiger partial charge on any atom is 0.251 e. The first-order valence-corrected chi connectivity index (χ1v) is 8.12. The van der Waals surface area contributed by atoms with Gasteiger partial charge in [0, 0.05) is 23.4 Å². The van der Waals surface area contributed by atoms with Crippen LogP contribution in [0.2, 0.25) is 25.1 Å². The van der Waals surface area contributed by atoms with Crippen molar-refractivity contribution in [1.29, 1.82) is 0 Å². The monoisotopic (exact) mass is 387 g/mol. The van der Waals surface area contributed by atoms with Crippen LogP contribution in [0, 0.1) is 5.21 Å². The van der Waals surface area contributed by atoms with Gasteiger partial charge in [-0.3, -0.25) is 0 Å². The van der Waals surface area contributed by atoms with Crippen molar-refractivity contribution in [2.45, 2.75) is 10.8 Å². The second kappa shape index (κ2) is 6.82. The Labute approximate surface area is 145 Å². The maximum absolute atomic E-state index is 11.6. The summed E-state index contributed by atoms with van der Waals surface area (Å²) in [7, 11) is 0. The van der Waals surface area contributed by atoms with Crippen LogP contribution < -0.4 is 4.73 Å². The second-order valence-electron chi connectivity index (χ2n) is 3.70. The van der Waals surface area contributed by atoms with Crippen LogP contribution in [0.1, 0.15) is 5.56 Å². The summed E-state index contributed by atoms with van der Waals surface area (Å²) in [5.74, 6) is 0.348. The Morgan fingerprint density at radius 1 is 0.900 bits per heavy atom. The maximum atomic E-state index is 11.6. The van der Waals surface area contributed by atoms with E-state index in [0.29, 0.717) is 16.3 Å². The number of thioether (sulfide) groups is 1. The molecule has 20 heavy (non-hydrogen) atoms. The Morgan fingerprint density at radius 2 is 1.45 bits per heavy atom. The van der Waals surface area contributed by atoms with E-state index in [9.17, 15) is 5.21 Å². The lowest BCUT2D eigenvalue weighted by Gasteiger charge is -2.11. The fraction of sp³-hybridized carbons (Fsp3) is 0.0833. The molecule has 0 atom stereocenters. The SMILES string of the molecule is [O-][n+]1ccccc1SCc1c(Cl)c(Cl)c(Cl)c(Cl)c1Cl. The molecular formula is C12H6Cl5NOS. The van der Waals surface area contributed by atoms with Crippen LogP contribution >= 0.6 is 69.8 Å². The van der Waals surface area contributed by atoms with Gasteiger partial charge in [0.25, 0.3) is 5.03 Å². The summed E-state index contributed by atoms with van der Waals surface area (Å²) in [4.78, 5) is 0. The lowest BCUT2D eigenvalue weighted by molar-refractivity contribution is -0.645. The van der Waals surface area contributed by atoms with Crippen LogP contribution in [0.25, 0.3) is 0 Å². The molecule has 0 bridgehead atoms. The van der Waals surface area contributed by atoms with Crippen LogP contribution in [0.3, 0.4) is 0 Å². The molecule has 1 aromatic heterocycles. The summed E-state index contributed by atoms with van der Waals surface area (Å²) in [5, 5.41) is 13.0. The summed E-state index contributed by atoms with van der Waals surface area (Å²) in [6, 6.07) is 5.10. The van der Waals surface area contributed by atoms with Gasteiger partial charge in [-0.25, -0.2) is 0 Å². The zero-order chi connectivity index (χ0) is 14.9. The van der Waals surface area contributed by atoms with Gasteiger partial charge < -0.3 is 5.21 Å². The summed E-state index contributed by atoms with van der Waals surface area (Å²) in [6.45, 7) is 0. The molecule has 106 valence electrons. The van der Waals surface area contributed by atoms with Gasteiger partial charge >= 0.3 is 0 Å². The lowest BCUT2D eigenvalue weighted by atomic mass is 10.2. The average Bonchev–Trinajstić information content (AvgIpc) is 2.45. The van der Waals surface area contributed by atoms with Crippen molar-refractivity contribution in [3.8, 4) is 0 Å². The van der Waals surface area contributed by atoms with Gasteiger partial charge in [-0.2, -0.15) is 4.73 Å². The van der Waals surface area contributed by atoms with Gasteiger partial charge in [0.2, 0.25) is 0 Å². The number of aromatic nitrogens is 1. The molecule has 2 aromatic rings. The molecule has 0 unspecified atom stereocenters. The summed E-state index contributed by atoms with van der Waals surface area (Å²) in [5.41, 5.74) is 0.543. The molecule has 8 heteroatoms. The quantitative estimate of drug-likeness (QED) is 0.215. The topological polar surface area (TPSA) is 26.9 Å². The smallest absolute Gasteiger partial charge is 0.251 e. The third-order valence-corrected chi connectivity index (χ3v) is 5.85. The predicted octanol–water partition coefficient (Wildman–Crippen LogP) is 5.88. The molecule has 0 aliphatic heterocycles. The molecule has 1 heterocycles. The molecule has 0 spiro atoms. The molecule has 2 rings (SSSR count). The first kappa shape index (κ1) is 16.3. The fourth-order valence-corrected chi connectivity index (χ4v) is 3.86. The summed E-state index contributed by atoms with van der Waals surface area (Å²) >= 11 is 31.4. The molecule has 0 amide bonds. The zero-order valence-electron chi connectivity index (χ0n) is 9.67. The Morgan fingerprint density at radius 3 is 2.00 bits per heavy atom. The third kappa shape index (κ3) is 3.24. The minimum atomic E-state index is 0.121. The van der Waals surface area contributed by atoms with Crippen LogP contribution in [-0.2, 0) is 5.75 Å². The molecule has 0 saturated heterocycles. The molecule has 1 aromatic carbocycles. The highest BCUT2D eigenvalue weighted by atomic mass is 35.5. The van der Waals surface area contributed by atoms with Crippen molar-refractivity contribution >= 4 is 69.8 Å². The number of benzene rings is 1. The lowest BCUT2D eigenvalue weighted by Crippen LogP contribution is -2.27. The van der Waals surface area contributed by atoms with E-state index in [1.54, 1.807) is 18.2 Å². The minimum absolute atomic E-state index is 0.121. The van der Waals surface area contributed by atoms with E-state index in [-0.39, 0.29) is 25.1 Å². The number of pyridine rings is 1. The first-order chi connectivity index (χ1) is 9.43. The number of halogens is 5. The molecule has 0 saturated carbocycles. The Balaban J connectivity index is 2.33. The van der Waals surface area contributed by atoms with E-state index >= 15 is 0 Å². The van der Waals surface area contributed by atoms with Gasteiger partial charge in [-0.1, -0.05) is 69.8 Å². The van der Waals surface area contributed by atoms with Gasteiger partial charge in [-0.15, -0.1) is 0 Å². The van der Waals surface area contributed by atoms with E-state index in [1.165, 1.54) is 18.0 Å². The fourth-order valence-electron chi connectivity index (χ4n) is 1.45. The van der Waals surface area contributed by atoms with Gasteiger partial charge in [0.15, 0.2) is 6.20 Å². The molecule has 0 radical (unpaired) electrons. The highest BCUT2D eigenvalue weighted by Gasteiger charge is 2.20. The average molecular weight is 390 g/mol. The molecular weight excluding hydrogens is 383 g/mol. The van der Waals surface area contributed by atoms with Crippen molar-refractivity contribution in [2.24, 2.45) is 0 Å². The van der Waals surface area contributed by atoms with E-state index in [4.69, 9.17) is 58.0 Å². The largest absolute Gasteiger partial charge is 0.618 e. The number of hydrogen-bond donors (Lipinski definition) is 0.